The number of benzene rings is 2. The molecule has 0 spiro atoms. The molecule has 1 unspecified atom stereocenters. The van der Waals surface area contributed by atoms with E-state index < -0.39 is 5.82 Å². The zero-order valence-electron chi connectivity index (χ0n) is 14.8. The highest BCUT2D eigenvalue weighted by atomic mass is 35.5. The molecule has 0 radical (unpaired) electrons. The molecule has 1 heterocycles. The van der Waals surface area contributed by atoms with Crippen LogP contribution in [-0.2, 0) is 11.3 Å². The number of rotatable bonds is 4. The molecule has 0 saturated carbocycles. The van der Waals surface area contributed by atoms with E-state index in [1.165, 1.54) is 12.1 Å². The largest absolute Gasteiger partial charge is 0.334 e. The Labute approximate surface area is 162 Å². The first-order chi connectivity index (χ1) is 13.0. The Balaban J connectivity index is 1.52. The molecule has 2 aromatic carbocycles. The van der Waals surface area contributed by atoms with Gasteiger partial charge in [0.15, 0.2) is 0 Å². The lowest BCUT2D eigenvalue weighted by atomic mass is 9.97. The van der Waals surface area contributed by atoms with Gasteiger partial charge in [-0.2, -0.15) is 0 Å². The maximum atomic E-state index is 13.2. The van der Waals surface area contributed by atoms with Crippen molar-refractivity contribution >= 4 is 29.2 Å². The number of nitrogens with zero attached hydrogens (tertiary/aromatic N) is 1. The number of piperidine rings is 1. The van der Waals surface area contributed by atoms with Crippen LogP contribution in [0.2, 0.25) is 5.02 Å². The highest BCUT2D eigenvalue weighted by molar-refractivity contribution is 6.30. The van der Waals surface area contributed by atoms with Gasteiger partial charge < -0.3 is 15.5 Å². The Kier molecular flexibility index (Phi) is 6.29. The van der Waals surface area contributed by atoms with E-state index in [1.54, 1.807) is 11.0 Å². The molecule has 5 nitrogen and oxygen atoms in total. The van der Waals surface area contributed by atoms with Gasteiger partial charge in [0, 0.05) is 25.3 Å². The first-order valence-electron chi connectivity index (χ1n) is 8.85. The van der Waals surface area contributed by atoms with Crippen LogP contribution in [0, 0.1) is 11.7 Å². The summed E-state index contributed by atoms with van der Waals surface area (Å²) in [4.78, 5) is 26.5. The average molecular weight is 390 g/mol. The van der Waals surface area contributed by atoms with Crippen LogP contribution in [-0.4, -0.2) is 29.9 Å². The van der Waals surface area contributed by atoms with Crippen LogP contribution in [0.3, 0.4) is 0 Å². The molecule has 1 saturated heterocycles. The van der Waals surface area contributed by atoms with Crippen molar-refractivity contribution in [3.8, 4) is 0 Å². The van der Waals surface area contributed by atoms with Crippen LogP contribution in [0.15, 0.2) is 48.5 Å². The zero-order valence-corrected chi connectivity index (χ0v) is 15.5. The van der Waals surface area contributed by atoms with Gasteiger partial charge in [0.1, 0.15) is 5.82 Å². The van der Waals surface area contributed by atoms with E-state index >= 15 is 0 Å². The van der Waals surface area contributed by atoms with Crippen LogP contribution in [0.25, 0.3) is 0 Å². The minimum atomic E-state index is -0.491. The summed E-state index contributed by atoms with van der Waals surface area (Å²) < 4.78 is 13.2. The highest BCUT2D eigenvalue weighted by Crippen LogP contribution is 2.19. The topological polar surface area (TPSA) is 61.4 Å². The molecule has 1 fully saturated rings. The minimum Gasteiger partial charge on any atom is -0.334 e. The van der Waals surface area contributed by atoms with Crippen LogP contribution in [0.4, 0.5) is 14.9 Å². The zero-order chi connectivity index (χ0) is 19.2. The van der Waals surface area contributed by atoms with E-state index in [-0.39, 0.29) is 29.4 Å². The van der Waals surface area contributed by atoms with Gasteiger partial charge in [0.25, 0.3) is 0 Å². The summed E-state index contributed by atoms with van der Waals surface area (Å²) >= 11 is 5.76. The third-order valence-corrected chi connectivity index (χ3v) is 4.84. The standard InChI is InChI=1S/C20H21ClFN3O2/c21-17-11-14(8-9-18(17)22)12-23-20(27)25-10-4-5-15(13-25)19(26)24-16-6-2-1-3-7-16/h1-3,6-9,11,15H,4-5,10,12-13H2,(H,23,27)(H,24,26). The number of carbonyl (C=O) groups excluding carboxylic acids is 2. The number of halogens is 2. The van der Waals surface area contributed by atoms with Crippen molar-refractivity contribution in [1.82, 2.24) is 10.2 Å². The van der Waals surface area contributed by atoms with Crippen LogP contribution in [0.5, 0.6) is 0 Å². The summed E-state index contributed by atoms with van der Waals surface area (Å²) in [6.07, 6.45) is 1.51. The van der Waals surface area contributed by atoms with Gasteiger partial charge in [-0.15, -0.1) is 0 Å². The fourth-order valence-corrected chi connectivity index (χ4v) is 3.28. The summed E-state index contributed by atoms with van der Waals surface area (Å²) in [7, 11) is 0. The Morgan fingerprint density at radius 3 is 2.70 bits per heavy atom. The summed E-state index contributed by atoms with van der Waals surface area (Å²) in [5.74, 6) is -0.816. The molecular weight excluding hydrogens is 369 g/mol. The number of anilines is 1. The van der Waals surface area contributed by atoms with E-state index in [1.807, 2.05) is 30.3 Å². The number of carbonyl (C=O) groups is 2. The van der Waals surface area contributed by atoms with Gasteiger partial charge in [0.2, 0.25) is 5.91 Å². The molecule has 7 heteroatoms. The first-order valence-corrected chi connectivity index (χ1v) is 9.23. The molecule has 0 aliphatic carbocycles. The predicted octanol–water partition coefficient (Wildman–Crippen LogP) is 4.04. The fourth-order valence-electron chi connectivity index (χ4n) is 3.08. The smallest absolute Gasteiger partial charge is 0.317 e. The van der Waals surface area contributed by atoms with Crippen molar-refractivity contribution in [2.45, 2.75) is 19.4 Å². The van der Waals surface area contributed by atoms with Gasteiger partial charge in [-0.1, -0.05) is 35.9 Å². The quantitative estimate of drug-likeness (QED) is 0.829. The molecule has 2 N–H and O–H groups in total. The number of nitrogens with one attached hydrogen (secondary N) is 2. The molecular formula is C20H21ClFN3O2. The second-order valence-electron chi connectivity index (χ2n) is 6.55. The average Bonchev–Trinajstić information content (AvgIpc) is 2.69. The second-order valence-corrected chi connectivity index (χ2v) is 6.95. The van der Waals surface area contributed by atoms with Crippen molar-refractivity contribution in [2.24, 2.45) is 5.92 Å². The molecule has 3 amide bonds. The molecule has 2 aromatic rings. The minimum absolute atomic E-state index is 0.0253. The van der Waals surface area contributed by atoms with Gasteiger partial charge in [-0.3, -0.25) is 4.79 Å². The van der Waals surface area contributed by atoms with Crippen molar-refractivity contribution in [3.05, 3.63) is 64.9 Å². The molecule has 142 valence electrons. The van der Waals surface area contributed by atoms with Crippen LogP contribution < -0.4 is 10.6 Å². The summed E-state index contributed by atoms with van der Waals surface area (Å²) in [6.45, 7) is 1.22. The normalized spacial score (nSPS) is 16.7. The van der Waals surface area contributed by atoms with E-state index in [4.69, 9.17) is 11.6 Å². The molecule has 27 heavy (non-hydrogen) atoms. The Morgan fingerprint density at radius 2 is 1.96 bits per heavy atom. The maximum Gasteiger partial charge on any atom is 0.317 e. The van der Waals surface area contributed by atoms with Crippen molar-refractivity contribution in [3.63, 3.8) is 0 Å². The van der Waals surface area contributed by atoms with Gasteiger partial charge in [0.05, 0.1) is 10.9 Å². The van der Waals surface area contributed by atoms with Crippen molar-refractivity contribution in [2.75, 3.05) is 18.4 Å². The summed E-state index contributed by atoms with van der Waals surface area (Å²) in [5.41, 5.74) is 1.46. The van der Waals surface area contributed by atoms with E-state index in [9.17, 15) is 14.0 Å². The number of hydrogen-bond acceptors (Lipinski definition) is 2. The van der Waals surface area contributed by atoms with Gasteiger partial charge >= 0.3 is 6.03 Å². The van der Waals surface area contributed by atoms with E-state index in [0.717, 1.165) is 18.5 Å². The third-order valence-electron chi connectivity index (χ3n) is 4.55. The molecule has 1 aliphatic heterocycles. The lowest BCUT2D eigenvalue weighted by Gasteiger charge is -2.32. The van der Waals surface area contributed by atoms with Gasteiger partial charge in [-0.25, -0.2) is 9.18 Å². The number of para-hydroxylation sites is 1. The number of hydrogen-bond donors (Lipinski definition) is 2. The molecule has 0 bridgehead atoms. The third kappa shape index (κ3) is 5.20. The van der Waals surface area contributed by atoms with E-state index in [0.29, 0.717) is 18.7 Å². The highest BCUT2D eigenvalue weighted by Gasteiger charge is 2.28. The molecule has 1 aliphatic rings. The fraction of sp³-hybridized carbons (Fsp3) is 0.300. The first kappa shape index (κ1) is 19.2. The molecule has 3 rings (SSSR count). The SMILES string of the molecule is O=C(Nc1ccccc1)C1CCCN(C(=O)NCc2ccc(F)c(Cl)c2)C1. The lowest BCUT2D eigenvalue weighted by Crippen LogP contribution is -2.47. The second kappa shape index (κ2) is 8.86. The van der Waals surface area contributed by atoms with Crippen molar-refractivity contribution in [1.29, 1.82) is 0 Å². The van der Waals surface area contributed by atoms with Crippen molar-refractivity contribution < 1.29 is 14.0 Å². The van der Waals surface area contributed by atoms with E-state index in [2.05, 4.69) is 10.6 Å². The van der Waals surface area contributed by atoms with Gasteiger partial charge in [-0.05, 0) is 42.7 Å². The monoisotopic (exact) mass is 389 g/mol. The molecule has 1 atom stereocenters. The Bertz CT molecular complexity index is 816. The predicted molar refractivity (Wildman–Crippen MR) is 103 cm³/mol. The number of urea groups is 1. The van der Waals surface area contributed by atoms with Crippen LogP contribution in [0.1, 0.15) is 18.4 Å². The lowest BCUT2D eigenvalue weighted by molar-refractivity contribution is -0.121. The Morgan fingerprint density at radius 1 is 1.19 bits per heavy atom. The maximum absolute atomic E-state index is 13.2. The summed E-state index contributed by atoms with van der Waals surface area (Å²) in [5, 5.41) is 5.72. The van der Waals surface area contributed by atoms with Crippen LogP contribution >= 0.6 is 11.6 Å². The summed E-state index contributed by atoms with van der Waals surface area (Å²) in [6, 6.07) is 13.4. The number of likely N-dealkylation sites (tertiary alicyclic amines) is 1. The Hall–Kier alpha value is -2.60. The molecule has 0 aromatic heterocycles. The number of amides is 3.